The molecule has 13 nitrogen and oxygen atoms in total. The fraction of sp³-hybridized carbons (Fsp3) is 0.583. The Kier molecular flexibility index (Phi) is 9.05. The van der Waals surface area contributed by atoms with Crippen molar-refractivity contribution < 1.29 is 23.5 Å². The van der Waals surface area contributed by atoms with Crippen molar-refractivity contribution in [1.82, 2.24) is 29.7 Å². The molecule has 2 N–H and O–H groups in total. The summed E-state index contributed by atoms with van der Waals surface area (Å²) in [6.45, 7) is 4.48. The van der Waals surface area contributed by atoms with Crippen molar-refractivity contribution in [3.05, 3.63) is 24.7 Å². The molecule has 38 heavy (non-hydrogen) atoms. The number of rotatable bonds is 7. The highest BCUT2D eigenvalue weighted by molar-refractivity contribution is 5.88. The SMILES string of the molecule is CCOc1cnc(NC(=O)N(C)[C@H]2CN(c3nccc(NC(=O)O[C@H]4CCCN(C)C4)n3)CC[C@H]2F)cn1. The molecule has 0 aliphatic carbocycles. The molecule has 4 heterocycles. The van der Waals surface area contributed by atoms with Crippen LogP contribution in [0.2, 0.25) is 0 Å². The number of alkyl halides is 1. The van der Waals surface area contributed by atoms with Crippen molar-refractivity contribution in [2.45, 2.75) is 44.5 Å². The Hall–Kier alpha value is -3.81. The van der Waals surface area contributed by atoms with Gasteiger partial charge in [0, 0.05) is 32.9 Å². The summed E-state index contributed by atoms with van der Waals surface area (Å²) in [4.78, 5) is 47.3. The fourth-order valence-corrected chi connectivity index (χ4v) is 4.47. The van der Waals surface area contributed by atoms with Crippen LogP contribution in [-0.4, -0.2) is 107 Å². The maximum atomic E-state index is 14.9. The predicted molar refractivity (Wildman–Crippen MR) is 138 cm³/mol. The Bertz CT molecular complexity index is 1090. The largest absolute Gasteiger partial charge is 0.477 e. The number of halogens is 1. The molecule has 0 saturated carbocycles. The molecule has 2 aliphatic heterocycles. The molecule has 2 aromatic heterocycles. The van der Waals surface area contributed by atoms with Gasteiger partial charge in [0.15, 0.2) is 5.82 Å². The molecule has 206 valence electrons. The van der Waals surface area contributed by atoms with Crippen molar-refractivity contribution in [2.24, 2.45) is 0 Å². The third-order valence-corrected chi connectivity index (χ3v) is 6.48. The number of carbonyl (C=O) groups is 2. The van der Waals surface area contributed by atoms with Gasteiger partial charge >= 0.3 is 12.1 Å². The lowest BCUT2D eigenvalue weighted by Crippen LogP contribution is -2.55. The molecule has 2 saturated heterocycles. The van der Waals surface area contributed by atoms with Gasteiger partial charge in [-0.1, -0.05) is 0 Å². The first-order valence-electron chi connectivity index (χ1n) is 12.7. The topological polar surface area (TPSA) is 138 Å². The molecule has 3 atom stereocenters. The third kappa shape index (κ3) is 7.15. The van der Waals surface area contributed by atoms with E-state index in [1.807, 2.05) is 14.0 Å². The standard InChI is InChI=1S/C24H34FN9O4/c1-4-37-21-13-27-20(12-28-21)30-23(35)33(3)18-15-34(11-8-17(18)25)22-26-9-7-19(29-22)31-24(36)38-16-6-5-10-32(2)14-16/h7,9,12-13,16-18H,4-6,8,10-11,14-15H2,1-3H3,(H,27,30,35)(H,26,29,31,36)/t16-,17+,18-/m0/s1. The van der Waals surface area contributed by atoms with Crippen molar-refractivity contribution in [2.75, 3.05) is 62.4 Å². The van der Waals surface area contributed by atoms with Gasteiger partial charge in [-0.2, -0.15) is 4.98 Å². The second kappa shape index (κ2) is 12.6. The Labute approximate surface area is 220 Å². The Morgan fingerprint density at radius 1 is 1.13 bits per heavy atom. The number of nitrogens with one attached hydrogen (secondary N) is 2. The lowest BCUT2D eigenvalue weighted by Gasteiger charge is -2.39. The average Bonchev–Trinajstić information content (AvgIpc) is 2.90. The molecule has 0 aromatic carbocycles. The smallest absolute Gasteiger partial charge is 0.413 e. The summed E-state index contributed by atoms with van der Waals surface area (Å²) < 4.78 is 25.7. The highest BCUT2D eigenvalue weighted by Crippen LogP contribution is 2.23. The van der Waals surface area contributed by atoms with Crippen LogP contribution in [0.3, 0.4) is 0 Å². The summed E-state index contributed by atoms with van der Waals surface area (Å²) in [6, 6.07) is 0.285. The van der Waals surface area contributed by atoms with E-state index in [-0.39, 0.29) is 30.7 Å². The van der Waals surface area contributed by atoms with Crippen LogP contribution in [0.1, 0.15) is 26.2 Å². The van der Waals surface area contributed by atoms with Crippen LogP contribution < -0.4 is 20.3 Å². The Balaban J connectivity index is 1.35. The molecule has 0 bridgehead atoms. The lowest BCUT2D eigenvalue weighted by molar-refractivity contribution is 0.0593. The zero-order valence-corrected chi connectivity index (χ0v) is 21.8. The minimum atomic E-state index is -1.24. The van der Waals surface area contributed by atoms with Crippen LogP contribution >= 0.6 is 0 Å². The van der Waals surface area contributed by atoms with Gasteiger partial charge in [0.05, 0.1) is 25.0 Å². The van der Waals surface area contributed by atoms with Crippen molar-refractivity contribution in [1.29, 1.82) is 0 Å². The van der Waals surface area contributed by atoms with Crippen molar-refractivity contribution >= 4 is 29.7 Å². The first-order valence-corrected chi connectivity index (χ1v) is 12.7. The van der Waals surface area contributed by atoms with Gasteiger partial charge < -0.3 is 24.2 Å². The molecule has 4 rings (SSSR count). The van der Waals surface area contributed by atoms with Crippen LogP contribution in [0.5, 0.6) is 5.88 Å². The van der Waals surface area contributed by atoms with Crippen LogP contribution in [0.15, 0.2) is 24.7 Å². The molecule has 0 radical (unpaired) electrons. The minimum absolute atomic E-state index is 0.169. The minimum Gasteiger partial charge on any atom is -0.477 e. The molecule has 2 aromatic rings. The number of aromatic nitrogens is 4. The molecule has 0 unspecified atom stereocenters. The van der Waals surface area contributed by atoms with E-state index in [1.165, 1.54) is 30.5 Å². The number of anilines is 3. The summed E-state index contributed by atoms with van der Waals surface area (Å²) in [5, 5.41) is 5.28. The number of likely N-dealkylation sites (N-methyl/N-ethyl adjacent to an activating group) is 2. The summed E-state index contributed by atoms with van der Waals surface area (Å²) in [6.07, 6.45) is 4.28. The number of piperidine rings is 2. The number of amides is 3. The van der Waals surface area contributed by atoms with E-state index in [0.29, 0.717) is 31.5 Å². The Morgan fingerprint density at radius 3 is 2.71 bits per heavy atom. The number of hydrogen-bond acceptors (Lipinski definition) is 10. The lowest BCUT2D eigenvalue weighted by atomic mass is 10.0. The molecular formula is C24H34FN9O4. The van der Waals surface area contributed by atoms with Crippen LogP contribution in [-0.2, 0) is 4.74 Å². The molecule has 0 spiro atoms. The van der Waals surface area contributed by atoms with Crippen LogP contribution in [0.25, 0.3) is 0 Å². The van der Waals surface area contributed by atoms with Gasteiger partial charge in [-0.3, -0.25) is 10.6 Å². The predicted octanol–water partition coefficient (Wildman–Crippen LogP) is 2.39. The maximum Gasteiger partial charge on any atom is 0.413 e. The first kappa shape index (κ1) is 27.2. The summed E-state index contributed by atoms with van der Waals surface area (Å²) in [5.74, 6) is 1.17. The highest BCUT2D eigenvalue weighted by Gasteiger charge is 2.35. The second-order valence-corrected chi connectivity index (χ2v) is 9.33. The van der Waals surface area contributed by atoms with Gasteiger partial charge in [0.1, 0.15) is 18.1 Å². The van der Waals surface area contributed by atoms with E-state index in [4.69, 9.17) is 9.47 Å². The zero-order valence-electron chi connectivity index (χ0n) is 21.8. The number of urea groups is 1. The van der Waals surface area contributed by atoms with Gasteiger partial charge in [-0.05, 0) is 45.8 Å². The fourth-order valence-electron chi connectivity index (χ4n) is 4.47. The zero-order chi connectivity index (χ0) is 27.1. The highest BCUT2D eigenvalue weighted by atomic mass is 19.1. The molecular weight excluding hydrogens is 497 g/mol. The monoisotopic (exact) mass is 531 g/mol. The molecule has 3 amide bonds. The van der Waals surface area contributed by atoms with Gasteiger partial charge in [-0.25, -0.2) is 28.9 Å². The molecule has 14 heteroatoms. The van der Waals surface area contributed by atoms with E-state index < -0.39 is 24.3 Å². The van der Waals surface area contributed by atoms with Gasteiger partial charge in [-0.15, -0.1) is 0 Å². The first-order chi connectivity index (χ1) is 18.3. The molecule has 2 aliphatic rings. The normalized spacial score (nSPS) is 21.9. The average molecular weight is 532 g/mol. The number of likely N-dealkylation sites (tertiary alicyclic amines) is 1. The van der Waals surface area contributed by atoms with E-state index >= 15 is 0 Å². The number of ether oxygens (including phenoxy) is 2. The maximum absolute atomic E-state index is 14.9. The number of carbonyl (C=O) groups excluding carboxylic acids is 2. The van der Waals surface area contributed by atoms with Gasteiger partial charge in [0.2, 0.25) is 11.8 Å². The van der Waals surface area contributed by atoms with Gasteiger partial charge in [0.25, 0.3) is 0 Å². The van der Waals surface area contributed by atoms with Crippen molar-refractivity contribution in [3.8, 4) is 5.88 Å². The van der Waals surface area contributed by atoms with Crippen LogP contribution in [0.4, 0.5) is 31.6 Å². The van der Waals surface area contributed by atoms with E-state index in [1.54, 1.807) is 11.0 Å². The molecule has 2 fully saturated rings. The summed E-state index contributed by atoms with van der Waals surface area (Å²) >= 11 is 0. The Morgan fingerprint density at radius 2 is 1.97 bits per heavy atom. The third-order valence-electron chi connectivity index (χ3n) is 6.48. The number of hydrogen-bond donors (Lipinski definition) is 2. The summed E-state index contributed by atoms with van der Waals surface area (Å²) in [7, 11) is 3.52. The number of nitrogens with zero attached hydrogens (tertiary/aromatic N) is 7. The second-order valence-electron chi connectivity index (χ2n) is 9.33. The summed E-state index contributed by atoms with van der Waals surface area (Å²) in [5.41, 5.74) is 0. The van der Waals surface area contributed by atoms with Crippen molar-refractivity contribution in [3.63, 3.8) is 0 Å². The van der Waals surface area contributed by atoms with E-state index in [0.717, 1.165) is 19.4 Å². The quantitative estimate of drug-likeness (QED) is 0.548. The van der Waals surface area contributed by atoms with E-state index in [9.17, 15) is 14.0 Å². The van der Waals surface area contributed by atoms with Crippen LogP contribution in [0, 0.1) is 0 Å². The van der Waals surface area contributed by atoms with E-state index in [2.05, 4.69) is 35.5 Å².